The number of nitrogens with one attached hydrogen (secondary N) is 2. The Morgan fingerprint density at radius 3 is 3.11 bits per heavy atom. The van der Waals surface area contributed by atoms with E-state index in [9.17, 15) is 10.1 Å². The fourth-order valence-corrected chi connectivity index (χ4v) is 2.41. The molecule has 1 fully saturated rings. The van der Waals surface area contributed by atoms with E-state index in [1.54, 1.807) is 25.2 Å². The Balaban J connectivity index is 2.38. The zero-order valence-electron chi connectivity index (χ0n) is 10.6. The van der Waals surface area contributed by atoms with Crippen molar-refractivity contribution in [3.8, 4) is 6.07 Å². The minimum absolute atomic E-state index is 0.0639. The zero-order valence-corrected chi connectivity index (χ0v) is 11.4. The van der Waals surface area contributed by atoms with Crippen LogP contribution >= 0.6 is 11.6 Å². The average Bonchev–Trinajstić information content (AvgIpc) is 2.46. The van der Waals surface area contributed by atoms with E-state index < -0.39 is 0 Å². The molecule has 1 unspecified atom stereocenters. The first kappa shape index (κ1) is 13.7. The molecule has 0 aromatic heterocycles. The SMILES string of the molecule is CNC(=O)C1CNCCN1c1ccc(Cl)cc1C#N. The van der Waals surface area contributed by atoms with E-state index >= 15 is 0 Å². The summed E-state index contributed by atoms with van der Waals surface area (Å²) in [6, 6.07) is 6.98. The summed E-state index contributed by atoms with van der Waals surface area (Å²) in [5.41, 5.74) is 1.24. The number of hydrogen-bond donors (Lipinski definition) is 2. The highest BCUT2D eigenvalue weighted by atomic mass is 35.5. The van der Waals surface area contributed by atoms with E-state index in [-0.39, 0.29) is 11.9 Å². The standard InChI is InChI=1S/C13H15ClN4O/c1-16-13(19)12-8-17-4-5-18(12)11-3-2-10(14)6-9(11)7-15/h2-3,6,12,17H,4-5,8H2,1H3,(H,16,19). The highest BCUT2D eigenvalue weighted by Gasteiger charge is 2.29. The lowest BCUT2D eigenvalue weighted by Crippen LogP contribution is -2.57. The Kier molecular flexibility index (Phi) is 4.25. The van der Waals surface area contributed by atoms with Gasteiger partial charge in [0.2, 0.25) is 5.91 Å². The number of piperazine rings is 1. The predicted molar refractivity (Wildman–Crippen MR) is 74.2 cm³/mol. The molecule has 1 aromatic rings. The number of nitrogens with zero attached hydrogens (tertiary/aromatic N) is 2. The van der Waals surface area contributed by atoms with Crippen LogP contribution < -0.4 is 15.5 Å². The molecule has 19 heavy (non-hydrogen) atoms. The molecule has 1 heterocycles. The molecule has 2 rings (SSSR count). The van der Waals surface area contributed by atoms with Gasteiger partial charge in [0.1, 0.15) is 12.1 Å². The second-order valence-corrected chi connectivity index (χ2v) is 4.74. The Labute approximate surface area is 117 Å². The maximum atomic E-state index is 11.9. The molecule has 0 spiro atoms. The number of hydrogen-bond acceptors (Lipinski definition) is 4. The van der Waals surface area contributed by atoms with Gasteiger partial charge in [0, 0.05) is 31.7 Å². The summed E-state index contributed by atoms with van der Waals surface area (Å²) in [5.74, 6) is -0.0639. The van der Waals surface area contributed by atoms with Crippen LogP contribution in [0.4, 0.5) is 5.69 Å². The van der Waals surface area contributed by atoms with Crippen LogP contribution in [0.5, 0.6) is 0 Å². The minimum Gasteiger partial charge on any atom is -0.357 e. The second kappa shape index (κ2) is 5.91. The summed E-state index contributed by atoms with van der Waals surface area (Å²) in [4.78, 5) is 13.9. The third-order valence-electron chi connectivity index (χ3n) is 3.18. The van der Waals surface area contributed by atoms with Crippen LogP contribution in [0.15, 0.2) is 18.2 Å². The molecule has 1 aromatic carbocycles. The predicted octanol–water partition coefficient (Wildman–Crippen LogP) is 0.736. The van der Waals surface area contributed by atoms with Crippen LogP contribution in [0.1, 0.15) is 5.56 Å². The summed E-state index contributed by atoms with van der Waals surface area (Å²) in [6.45, 7) is 2.02. The van der Waals surface area contributed by atoms with Gasteiger partial charge in [-0.2, -0.15) is 5.26 Å². The van der Waals surface area contributed by atoms with Crippen molar-refractivity contribution < 1.29 is 4.79 Å². The average molecular weight is 279 g/mol. The largest absolute Gasteiger partial charge is 0.357 e. The van der Waals surface area contributed by atoms with E-state index in [1.165, 1.54) is 0 Å². The molecule has 1 aliphatic rings. The second-order valence-electron chi connectivity index (χ2n) is 4.30. The van der Waals surface area contributed by atoms with Crippen molar-refractivity contribution in [3.63, 3.8) is 0 Å². The number of rotatable bonds is 2. The maximum Gasteiger partial charge on any atom is 0.243 e. The van der Waals surface area contributed by atoms with Gasteiger partial charge >= 0.3 is 0 Å². The topological polar surface area (TPSA) is 68.2 Å². The van der Waals surface area contributed by atoms with Crippen LogP contribution in [-0.2, 0) is 4.79 Å². The van der Waals surface area contributed by atoms with E-state index in [2.05, 4.69) is 16.7 Å². The number of amides is 1. The van der Waals surface area contributed by atoms with Gasteiger partial charge in [0.25, 0.3) is 0 Å². The molecule has 0 radical (unpaired) electrons. The van der Waals surface area contributed by atoms with Crippen LogP contribution in [0.3, 0.4) is 0 Å². The molecular formula is C13H15ClN4O. The van der Waals surface area contributed by atoms with Gasteiger partial charge in [-0.3, -0.25) is 4.79 Å². The highest BCUT2D eigenvalue weighted by molar-refractivity contribution is 6.30. The minimum atomic E-state index is -0.313. The van der Waals surface area contributed by atoms with Gasteiger partial charge in [-0.25, -0.2) is 0 Å². The zero-order chi connectivity index (χ0) is 13.8. The third kappa shape index (κ3) is 2.80. The number of benzene rings is 1. The Morgan fingerprint density at radius 2 is 2.42 bits per heavy atom. The Bertz CT molecular complexity index is 526. The van der Waals surface area contributed by atoms with E-state index in [0.29, 0.717) is 23.7 Å². The summed E-state index contributed by atoms with van der Waals surface area (Å²) in [5, 5.41) is 15.6. The first-order valence-corrected chi connectivity index (χ1v) is 6.43. The van der Waals surface area contributed by atoms with Crippen LogP contribution in [-0.4, -0.2) is 38.6 Å². The van der Waals surface area contributed by atoms with Gasteiger partial charge in [0.05, 0.1) is 11.3 Å². The highest BCUT2D eigenvalue weighted by Crippen LogP contribution is 2.26. The van der Waals surface area contributed by atoms with Crippen molar-refractivity contribution in [2.24, 2.45) is 0 Å². The van der Waals surface area contributed by atoms with Crippen LogP contribution in [0.2, 0.25) is 5.02 Å². The van der Waals surface area contributed by atoms with Crippen LogP contribution in [0.25, 0.3) is 0 Å². The lowest BCUT2D eigenvalue weighted by Gasteiger charge is -2.37. The molecule has 5 nitrogen and oxygen atoms in total. The number of halogens is 1. The number of likely N-dealkylation sites (N-methyl/N-ethyl adjacent to an activating group) is 1. The summed E-state index contributed by atoms with van der Waals surface area (Å²) in [6.07, 6.45) is 0. The van der Waals surface area contributed by atoms with Crippen molar-refractivity contribution in [2.75, 3.05) is 31.6 Å². The normalized spacial score (nSPS) is 18.8. The Hall–Kier alpha value is -1.77. The van der Waals surface area contributed by atoms with Crippen molar-refractivity contribution in [1.82, 2.24) is 10.6 Å². The van der Waals surface area contributed by atoms with Crippen molar-refractivity contribution in [1.29, 1.82) is 5.26 Å². The molecule has 1 atom stereocenters. The van der Waals surface area contributed by atoms with Crippen molar-refractivity contribution in [3.05, 3.63) is 28.8 Å². The van der Waals surface area contributed by atoms with Gasteiger partial charge in [0.15, 0.2) is 0 Å². The fourth-order valence-electron chi connectivity index (χ4n) is 2.24. The molecule has 0 bridgehead atoms. The quantitative estimate of drug-likeness (QED) is 0.837. The third-order valence-corrected chi connectivity index (χ3v) is 3.42. The molecule has 1 amide bonds. The molecule has 0 saturated carbocycles. The fraction of sp³-hybridized carbons (Fsp3) is 0.385. The first-order valence-electron chi connectivity index (χ1n) is 6.06. The van der Waals surface area contributed by atoms with Gasteiger partial charge in [-0.1, -0.05) is 11.6 Å². The van der Waals surface area contributed by atoms with Gasteiger partial charge in [-0.05, 0) is 18.2 Å². The molecule has 100 valence electrons. The molecule has 0 aliphatic carbocycles. The van der Waals surface area contributed by atoms with Crippen molar-refractivity contribution >= 4 is 23.2 Å². The molecule has 1 saturated heterocycles. The molecule has 2 N–H and O–H groups in total. The van der Waals surface area contributed by atoms with Gasteiger partial charge in [-0.15, -0.1) is 0 Å². The summed E-state index contributed by atoms with van der Waals surface area (Å²) >= 11 is 5.90. The summed E-state index contributed by atoms with van der Waals surface area (Å²) in [7, 11) is 1.61. The number of anilines is 1. The number of carbonyl (C=O) groups is 1. The molecular weight excluding hydrogens is 264 g/mol. The lowest BCUT2D eigenvalue weighted by atomic mass is 10.1. The molecule has 6 heteroatoms. The maximum absolute atomic E-state index is 11.9. The lowest BCUT2D eigenvalue weighted by molar-refractivity contribution is -0.122. The first-order chi connectivity index (χ1) is 9.17. The number of carbonyl (C=O) groups excluding carboxylic acids is 1. The van der Waals surface area contributed by atoms with Crippen LogP contribution in [0, 0.1) is 11.3 Å². The van der Waals surface area contributed by atoms with Gasteiger partial charge < -0.3 is 15.5 Å². The van der Waals surface area contributed by atoms with E-state index in [0.717, 1.165) is 12.2 Å². The monoisotopic (exact) mass is 278 g/mol. The van der Waals surface area contributed by atoms with E-state index in [4.69, 9.17) is 11.6 Å². The number of nitriles is 1. The van der Waals surface area contributed by atoms with Crippen molar-refractivity contribution in [2.45, 2.75) is 6.04 Å². The summed E-state index contributed by atoms with van der Waals surface area (Å²) < 4.78 is 0. The van der Waals surface area contributed by atoms with E-state index in [1.807, 2.05) is 4.90 Å². The molecule has 1 aliphatic heterocycles. The smallest absolute Gasteiger partial charge is 0.243 e. The Morgan fingerprint density at radius 1 is 1.63 bits per heavy atom.